The molecule has 1 aromatic heterocycles. The highest BCUT2D eigenvalue weighted by molar-refractivity contribution is 6.01. The number of aromatic nitrogens is 2. The molecule has 0 spiro atoms. The second-order valence-electron chi connectivity index (χ2n) is 5.34. The molecule has 3 rings (SSSR count). The number of hydrogen-bond acceptors (Lipinski definition) is 5. The maximum absolute atomic E-state index is 13.9. The Morgan fingerprint density at radius 2 is 2.08 bits per heavy atom. The van der Waals surface area contributed by atoms with Gasteiger partial charge in [-0.2, -0.15) is 0 Å². The molecule has 0 bridgehead atoms. The Kier molecular flexibility index (Phi) is 4.66. The van der Waals surface area contributed by atoms with Crippen LogP contribution in [0.4, 0.5) is 20.3 Å². The van der Waals surface area contributed by atoms with Crippen LogP contribution in [0.25, 0.3) is 0 Å². The maximum atomic E-state index is 13.9. The predicted molar refractivity (Wildman–Crippen MR) is 83.5 cm³/mol. The molecule has 6 nitrogen and oxygen atoms in total. The number of para-hydroxylation sites is 1. The van der Waals surface area contributed by atoms with E-state index in [0.717, 1.165) is 17.0 Å². The van der Waals surface area contributed by atoms with E-state index in [4.69, 9.17) is 4.74 Å². The van der Waals surface area contributed by atoms with Crippen molar-refractivity contribution in [2.45, 2.75) is 19.1 Å². The smallest absolute Gasteiger partial charge is 0.249 e. The molecule has 0 radical (unpaired) electrons. The van der Waals surface area contributed by atoms with Gasteiger partial charge >= 0.3 is 0 Å². The van der Waals surface area contributed by atoms with Gasteiger partial charge < -0.3 is 15.0 Å². The van der Waals surface area contributed by atoms with Crippen LogP contribution in [0.1, 0.15) is 12.2 Å². The molecule has 1 N–H and O–H groups in total. The van der Waals surface area contributed by atoms with E-state index in [1.165, 1.54) is 13.2 Å². The van der Waals surface area contributed by atoms with Gasteiger partial charge in [0.05, 0.1) is 0 Å². The fraction of sp³-hybridized carbons (Fsp3) is 0.312. The number of rotatable bonds is 5. The Labute approximate surface area is 137 Å². The monoisotopic (exact) mass is 334 g/mol. The average molecular weight is 334 g/mol. The first-order chi connectivity index (χ1) is 11.6. The van der Waals surface area contributed by atoms with Gasteiger partial charge in [0.15, 0.2) is 5.82 Å². The number of nitrogens with zero attached hydrogens (tertiary/aromatic N) is 3. The Hall–Kier alpha value is -2.61. The summed E-state index contributed by atoms with van der Waals surface area (Å²) in [5, 5.41) is 2.99. The van der Waals surface area contributed by atoms with Gasteiger partial charge in [0.1, 0.15) is 35.8 Å². The van der Waals surface area contributed by atoms with Gasteiger partial charge in [-0.3, -0.25) is 4.79 Å². The summed E-state index contributed by atoms with van der Waals surface area (Å²) in [7, 11) is 1.53. The minimum Gasteiger partial charge on any atom is -0.377 e. The highest BCUT2D eigenvalue weighted by Gasteiger charge is 2.35. The zero-order valence-electron chi connectivity index (χ0n) is 13.0. The van der Waals surface area contributed by atoms with Crippen LogP contribution in [0.5, 0.6) is 0 Å². The first kappa shape index (κ1) is 16.3. The van der Waals surface area contributed by atoms with Crippen LogP contribution >= 0.6 is 0 Å². The number of hydrogen-bond donors (Lipinski definition) is 1. The third-order valence-corrected chi connectivity index (χ3v) is 3.71. The second kappa shape index (κ2) is 6.88. The molecule has 1 fully saturated rings. The van der Waals surface area contributed by atoms with Gasteiger partial charge in [-0.15, -0.1) is 0 Å². The van der Waals surface area contributed by atoms with Crippen LogP contribution < -0.4 is 10.2 Å². The zero-order valence-corrected chi connectivity index (χ0v) is 13.0. The van der Waals surface area contributed by atoms with Crippen LogP contribution in [-0.4, -0.2) is 35.6 Å². The van der Waals surface area contributed by atoms with Crippen molar-refractivity contribution in [3.05, 3.63) is 47.9 Å². The van der Waals surface area contributed by atoms with E-state index < -0.39 is 23.6 Å². The van der Waals surface area contributed by atoms with E-state index >= 15 is 0 Å². The molecule has 8 heteroatoms. The quantitative estimate of drug-likeness (QED) is 0.907. The topological polar surface area (TPSA) is 67.3 Å². The molecule has 1 unspecified atom stereocenters. The summed E-state index contributed by atoms with van der Waals surface area (Å²) in [6, 6.07) is 4.55. The van der Waals surface area contributed by atoms with Crippen LogP contribution in [0, 0.1) is 11.6 Å². The zero-order chi connectivity index (χ0) is 17.1. The minimum atomic E-state index is -0.756. The number of benzene rings is 1. The van der Waals surface area contributed by atoms with Crippen LogP contribution in [-0.2, 0) is 16.1 Å². The second-order valence-corrected chi connectivity index (χ2v) is 5.34. The molecule has 1 atom stereocenters. The number of carbonyl (C=O) groups excluding carboxylic acids is 1. The molecular formula is C16H16F2N4O2. The molecule has 0 saturated carbocycles. The Morgan fingerprint density at radius 3 is 2.79 bits per heavy atom. The van der Waals surface area contributed by atoms with Crippen molar-refractivity contribution in [1.29, 1.82) is 0 Å². The van der Waals surface area contributed by atoms with Gasteiger partial charge in [0.25, 0.3) is 0 Å². The first-order valence-corrected chi connectivity index (χ1v) is 7.43. The molecule has 126 valence electrons. The van der Waals surface area contributed by atoms with E-state index in [1.807, 2.05) is 0 Å². The molecule has 0 aliphatic carbocycles. The molecular weight excluding hydrogens is 318 g/mol. The van der Waals surface area contributed by atoms with E-state index in [2.05, 4.69) is 15.3 Å². The Bertz CT molecular complexity index is 736. The van der Waals surface area contributed by atoms with Crippen molar-refractivity contribution in [2.75, 3.05) is 23.9 Å². The molecule has 1 saturated heterocycles. The van der Waals surface area contributed by atoms with Gasteiger partial charge in [-0.1, -0.05) is 6.07 Å². The lowest BCUT2D eigenvalue weighted by Crippen LogP contribution is -2.34. The number of nitrogens with one attached hydrogen (secondary N) is 1. The van der Waals surface area contributed by atoms with E-state index in [9.17, 15) is 13.6 Å². The molecule has 2 heterocycles. The normalized spacial score (nSPS) is 17.4. The fourth-order valence-electron chi connectivity index (χ4n) is 2.64. The molecule has 1 aromatic carbocycles. The molecule has 1 aliphatic rings. The number of carbonyl (C=O) groups is 1. The van der Waals surface area contributed by atoms with E-state index in [-0.39, 0.29) is 18.8 Å². The number of methoxy groups -OCH3 is 1. The summed E-state index contributed by atoms with van der Waals surface area (Å²) in [6.45, 7) is 0.477. The summed E-state index contributed by atoms with van der Waals surface area (Å²) in [4.78, 5) is 21.9. The number of amides is 1. The van der Waals surface area contributed by atoms with Gasteiger partial charge in [0.2, 0.25) is 5.91 Å². The molecule has 2 aromatic rings. The van der Waals surface area contributed by atoms with Gasteiger partial charge in [-0.05, 0) is 24.6 Å². The highest BCUT2D eigenvalue weighted by atomic mass is 19.1. The van der Waals surface area contributed by atoms with Crippen molar-refractivity contribution in [2.24, 2.45) is 0 Å². The summed E-state index contributed by atoms with van der Waals surface area (Å²) in [5.41, 5.74) is -0.311. The summed E-state index contributed by atoms with van der Waals surface area (Å²) >= 11 is 0. The minimum absolute atomic E-state index is 0.227. The van der Waals surface area contributed by atoms with Gasteiger partial charge in [0, 0.05) is 19.9 Å². The van der Waals surface area contributed by atoms with Crippen molar-refractivity contribution < 1.29 is 18.3 Å². The van der Waals surface area contributed by atoms with Crippen molar-refractivity contribution in [3.8, 4) is 0 Å². The molecule has 1 amide bonds. The van der Waals surface area contributed by atoms with Crippen molar-refractivity contribution in [1.82, 2.24) is 9.97 Å². The van der Waals surface area contributed by atoms with Gasteiger partial charge in [-0.25, -0.2) is 18.7 Å². The Balaban J connectivity index is 1.76. The Morgan fingerprint density at radius 1 is 1.33 bits per heavy atom. The van der Waals surface area contributed by atoms with Crippen molar-refractivity contribution in [3.63, 3.8) is 0 Å². The maximum Gasteiger partial charge on any atom is 0.249 e. The lowest BCUT2D eigenvalue weighted by atomic mass is 10.2. The SMILES string of the molecule is COCc1nccc(NC2CCN(c3c(F)cccc3F)C2=O)n1. The molecule has 1 aliphatic heterocycles. The largest absolute Gasteiger partial charge is 0.377 e. The van der Waals surface area contributed by atoms with Crippen molar-refractivity contribution >= 4 is 17.4 Å². The first-order valence-electron chi connectivity index (χ1n) is 7.43. The molecule has 24 heavy (non-hydrogen) atoms. The standard InChI is InChI=1S/C16H16F2N4O2/c1-24-9-14-19-7-5-13(21-14)20-12-6-8-22(16(12)23)15-10(17)3-2-4-11(15)18/h2-5,7,12H,6,8-9H2,1H3,(H,19,20,21). The van der Waals surface area contributed by atoms with E-state index in [1.54, 1.807) is 12.3 Å². The number of ether oxygens (including phenoxy) is 1. The average Bonchev–Trinajstić information content (AvgIpc) is 2.89. The third-order valence-electron chi connectivity index (χ3n) is 3.71. The third kappa shape index (κ3) is 3.18. The number of halogens is 2. The lowest BCUT2D eigenvalue weighted by Gasteiger charge is -2.18. The van der Waals surface area contributed by atoms with Crippen LogP contribution in [0.3, 0.4) is 0 Å². The summed E-state index contributed by atoms with van der Waals surface area (Å²) in [6.07, 6.45) is 1.97. The van der Waals surface area contributed by atoms with E-state index in [0.29, 0.717) is 18.1 Å². The summed E-state index contributed by atoms with van der Waals surface area (Å²) < 4.78 is 32.7. The summed E-state index contributed by atoms with van der Waals surface area (Å²) in [5.74, 6) is -0.969. The predicted octanol–water partition coefficient (Wildman–Crippen LogP) is 2.12. The highest BCUT2D eigenvalue weighted by Crippen LogP contribution is 2.28. The van der Waals surface area contributed by atoms with Crippen LogP contribution in [0.15, 0.2) is 30.5 Å². The van der Waals surface area contributed by atoms with Crippen LogP contribution in [0.2, 0.25) is 0 Å². The fourth-order valence-corrected chi connectivity index (χ4v) is 2.64. The lowest BCUT2D eigenvalue weighted by molar-refractivity contribution is -0.117. The number of anilines is 2.